The fourth-order valence-corrected chi connectivity index (χ4v) is 2.28. The molecule has 0 radical (unpaired) electrons. The van der Waals surface area contributed by atoms with E-state index < -0.39 is 5.60 Å². The van der Waals surface area contributed by atoms with Crippen molar-refractivity contribution < 1.29 is 14.7 Å². The third-order valence-corrected chi connectivity index (χ3v) is 3.05. The van der Waals surface area contributed by atoms with Crippen molar-refractivity contribution in [2.24, 2.45) is 17.0 Å². The predicted octanol–water partition coefficient (Wildman–Crippen LogP) is 1.70. The molecule has 2 rings (SSSR count). The van der Waals surface area contributed by atoms with Gasteiger partial charge in [-0.15, -0.1) is 0 Å². The summed E-state index contributed by atoms with van der Waals surface area (Å²) in [5.41, 5.74) is -0.481. The number of ether oxygens (including phenoxy) is 1. The second-order valence-electron chi connectivity index (χ2n) is 5.55. The second kappa shape index (κ2) is 3.64. The lowest BCUT2D eigenvalue weighted by Crippen LogP contribution is -2.42. The van der Waals surface area contributed by atoms with Gasteiger partial charge in [-0.1, -0.05) is 5.16 Å². The Balaban J connectivity index is 2.01. The quantitative estimate of drug-likeness (QED) is 0.420. The highest BCUT2D eigenvalue weighted by molar-refractivity contribution is 5.77. The number of amides is 1. The van der Waals surface area contributed by atoms with Crippen molar-refractivity contribution in [3.05, 3.63) is 0 Å². The Morgan fingerprint density at radius 1 is 1.56 bits per heavy atom. The van der Waals surface area contributed by atoms with Crippen LogP contribution in [0.25, 0.3) is 0 Å². The standard InChI is InChI=1S/C11H18N2O3/c1-11(2,3)16-10(14)13-6-7-4-8(7)9(13)5-12-15/h5,7-9,15H,4,6H2,1-3H3/b12-5+/t7-,8-,9+/m1/s1. The van der Waals surface area contributed by atoms with Crippen LogP contribution in [0.3, 0.4) is 0 Å². The molecule has 1 amide bonds. The summed E-state index contributed by atoms with van der Waals surface area (Å²) in [6.45, 7) is 6.25. The fourth-order valence-electron chi connectivity index (χ4n) is 2.28. The maximum atomic E-state index is 11.9. The van der Waals surface area contributed by atoms with E-state index in [1.165, 1.54) is 6.21 Å². The van der Waals surface area contributed by atoms with Crippen LogP contribution in [0.15, 0.2) is 5.16 Å². The first-order chi connectivity index (χ1) is 7.42. The Labute approximate surface area is 95.1 Å². The van der Waals surface area contributed by atoms with Crippen molar-refractivity contribution in [1.29, 1.82) is 0 Å². The van der Waals surface area contributed by atoms with Crippen molar-refractivity contribution in [3.8, 4) is 0 Å². The van der Waals surface area contributed by atoms with Crippen molar-refractivity contribution in [1.82, 2.24) is 4.90 Å². The minimum atomic E-state index is -0.481. The largest absolute Gasteiger partial charge is 0.444 e. The minimum absolute atomic E-state index is 0.0927. The van der Waals surface area contributed by atoms with E-state index in [0.29, 0.717) is 11.8 Å². The van der Waals surface area contributed by atoms with Gasteiger partial charge in [0.2, 0.25) is 0 Å². The van der Waals surface area contributed by atoms with Gasteiger partial charge in [0.1, 0.15) is 5.60 Å². The molecule has 3 atom stereocenters. The zero-order chi connectivity index (χ0) is 11.9. The molecule has 1 aliphatic heterocycles. The maximum absolute atomic E-state index is 11.9. The number of carbonyl (C=O) groups excluding carboxylic acids is 1. The molecule has 2 fully saturated rings. The lowest BCUT2D eigenvalue weighted by molar-refractivity contribution is 0.0242. The molecule has 0 bridgehead atoms. The second-order valence-corrected chi connectivity index (χ2v) is 5.55. The first-order valence-electron chi connectivity index (χ1n) is 5.59. The monoisotopic (exact) mass is 226 g/mol. The molecule has 5 heteroatoms. The summed E-state index contributed by atoms with van der Waals surface area (Å²) in [5.74, 6) is 1.03. The molecule has 0 aromatic heterocycles. The predicted molar refractivity (Wildman–Crippen MR) is 58.6 cm³/mol. The van der Waals surface area contributed by atoms with Crippen LogP contribution >= 0.6 is 0 Å². The van der Waals surface area contributed by atoms with Gasteiger partial charge in [0, 0.05) is 6.54 Å². The highest BCUT2D eigenvalue weighted by Gasteiger charge is 2.54. The van der Waals surface area contributed by atoms with Gasteiger partial charge in [-0.2, -0.15) is 0 Å². The Kier molecular flexibility index (Phi) is 2.56. The Bertz CT molecular complexity index is 322. The number of hydrogen-bond acceptors (Lipinski definition) is 4. The van der Waals surface area contributed by atoms with Gasteiger partial charge in [0.05, 0.1) is 12.3 Å². The third kappa shape index (κ3) is 2.13. The molecule has 0 unspecified atom stereocenters. The smallest absolute Gasteiger partial charge is 0.410 e. The van der Waals surface area contributed by atoms with Crippen LogP contribution in [-0.2, 0) is 4.74 Å². The SMILES string of the molecule is CC(C)(C)OC(=O)N1C[C@H]2C[C@H]2[C@@H]1/C=N/O. The number of hydrogen-bond donors (Lipinski definition) is 1. The number of fused-ring (bicyclic) bond motifs is 1. The van der Waals surface area contributed by atoms with E-state index >= 15 is 0 Å². The van der Waals surface area contributed by atoms with Crippen LogP contribution < -0.4 is 0 Å². The summed E-state index contributed by atoms with van der Waals surface area (Å²) in [6.07, 6.45) is 2.24. The van der Waals surface area contributed by atoms with Gasteiger partial charge >= 0.3 is 6.09 Å². The summed E-state index contributed by atoms with van der Waals surface area (Å²) in [5, 5.41) is 11.6. The molecule has 0 aromatic rings. The summed E-state index contributed by atoms with van der Waals surface area (Å²) in [7, 11) is 0. The van der Waals surface area contributed by atoms with Crippen LogP contribution in [0.5, 0.6) is 0 Å². The van der Waals surface area contributed by atoms with Crippen molar-refractivity contribution in [2.75, 3.05) is 6.54 Å². The summed E-state index contributed by atoms with van der Waals surface area (Å²) in [4.78, 5) is 13.5. The van der Waals surface area contributed by atoms with Crippen molar-refractivity contribution in [3.63, 3.8) is 0 Å². The van der Waals surface area contributed by atoms with Gasteiger partial charge in [0.15, 0.2) is 0 Å². The average molecular weight is 226 g/mol. The first-order valence-corrected chi connectivity index (χ1v) is 5.59. The van der Waals surface area contributed by atoms with Crippen LogP contribution in [0, 0.1) is 11.8 Å². The van der Waals surface area contributed by atoms with E-state index in [0.717, 1.165) is 13.0 Å². The molecule has 5 nitrogen and oxygen atoms in total. The number of rotatable bonds is 1. The molecule has 1 aliphatic carbocycles. The third-order valence-electron chi connectivity index (χ3n) is 3.05. The van der Waals surface area contributed by atoms with Gasteiger partial charge in [-0.25, -0.2) is 4.79 Å². The molecular formula is C11H18N2O3. The number of piperidine rings is 1. The molecule has 1 N–H and O–H groups in total. The Hall–Kier alpha value is -1.26. The van der Waals surface area contributed by atoms with Crippen LogP contribution in [0.2, 0.25) is 0 Å². The minimum Gasteiger partial charge on any atom is -0.444 e. The number of oxime groups is 1. The van der Waals surface area contributed by atoms with Gasteiger partial charge < -0.3 is 9.94 Å². The fraction of sp³-hybridized carbons (Fsp3) is 0.818. The molecule has 1 heterocycles. The number of carbonyl (C=O) groups is 1. The summed E-state index contributed by atoms with van der Waals surface area (Å²) < 4.78 is 5.31. The van der Waals surface area contributed by atoms with E-state index in [1.54, 1.807) is 4.90 Å². The van der Waals surface area contributed by atoms with E-state index in [9.17, 15) is 4.79 Å². The van der Waals surface area contributed by atoms with Crippen molar-refractivity contribution >= 4 is 12.3 Å². The van der Waals surface area contributed by atoms with Crippen LogP contribution in [0.4, 0.5) is 4.79 Å². The maximum Gasteiger partial charge on any atom is 0.410 e. The molecule has 0 aromatic carbocycles. The van der Waals surface area contributed by atoms with Gasteiger partial charge in [-0.05, 0) is 39.0 Å². The van der Waals surface area contributed by atoms with E-state index in [-0.39, 0.29) is 12.1 Å². The van der Waals surface area contributed by atoms with Gasteiger partial charge in [-0.3, -0.25) is 4.90 Å². The normalized spacial score (nSPS) is 32.9. The number of likely N-dealkylation sites (tertiary alicyclic amines) is 1. The molecule has 0 spiro atoms. The topological polar surface area (TPSA) is 62.1 Å². The highest BCUT2D eigenvalue weighted by atomic mass is 16.6. The molecular weight excluding hydrogens is 208 g/mol. The van der Waals surface area contributed by atoms with Crippen molar-refractivity contribution in [2.45, 2.75) is 38.8 Å². The van der Waals surface area contributed by atoms with Gasteiger partial charge in [0.25, 0.3) is 0 Å². The lowest BCUT2D eigenvalue weighted by Gasteiger charge is -2.28. The van der Waals surface area contributed by atoms with E-state index in [2.05, 4.69) is 5.16 Å². The van der Waals surface area contributed by atoms with E-state index in [1.807, 2.05) is 20.8 Å². The molecule has 1 saturated carbocycles. The number of nitrogens with zero attached hydrogens (tertiary/aromatic N) is 2. The Morgan fingerprint density at radius 3 is 2.81 bits per heavy atom. The van der Waals surface area contributed by atoms with E-state index in [4.69, 9.17) is 9.94 Å². The first kappa shape index (κ1) is 11.2. The summed E-state index contributed by atoms with van der Waals surface area (Å²) >= 11 is 0. The zero-order valence-corrected chi connectivity index (χ0v) is 9.88. The molecule has 1 saturated heterocycles. The zero-order valence-electron chi connectivity index (χ0n) is 9.88. The molecule has 2 aliphatic rings. The Morgan fingerprint density at radius 2 is 2.25 bits per heavy atom. The van der Waals surface area contributed by atoms with Crippen LogP contribution in [0.1, 0.15) is 27.2 Å². The average Bonchev–Trinajstić information content (AvgIpc) is 2.81. The highest BCUT2D eigenvalue weighted by Crippen LogP contribution is 2.49. The van der Waals surface area contributed by atoms with Crippen LogP contribution in [-0.4, -0.2) is 40.6 Å². The molecule has 16 heavy (non-hydrogen) atoms. The molecule has 90 valence electrons. The lowest BCUT2D eigenvalue weighted by atomic mass is 10.2. The summed E-state index contributed by atoms with van der Waals surface area (Å²) in [6, 6.07) is -0.0927.